The molecule has 1 rings (SSSR count). The summed E-state index contributed by atoms with van der Waals surface area (Å²) in [4.78, 5) is 8.99. The SMILES string of the molecule is CCN(CCCN(C)C)CCc1csc(N)n1. The van der Waals surface area contributed by atoms with E-state index >= 15 is 0 Å². The molecule has 0 aromatic carbocycles. The number of nitrogens with two attached hydrogens (primary N) is 1. The van der Waals surface area contributed by atoms with Crippen molar-refractivity contribution in [3.63, 3.8) is 0 Å². The minimum atomic E-state index is 0.677. The smallest absolute Gasteiger partial charge is 0.180 e. The minimum Gasteiger partial charge on any atom is -0.375 e. The summed E-state index contributed by atoms with van der Waals surface area (Å²) in [7, 11) is 4.24. The van der Waals surface area contributed by atoms with E-state index in [1.807, 2.05) is 0 Å². The zero-order valence-corrected chi connectivity index (χ0v) is 12.0. The fourth-order valence-corrected chi connectivity index (χ4v) is 2.35. The lowest BCUT2D eigenvalue weighted by molar-refractivity contribution is 0.268. The summed E-state index contributed by atoms with van der Waals surface area (Å²) in [6.45, 7) is 6.71. The van der Waals surface area contributed by atoms with Crippen LogP contribution in [-0.2, 0) is 6.42 Å². The molecule has 0 unspecified atom stereocenters. The summed E-state index contributed by atoms with van der Waals surface area (Å²) < 4.78 is 0. The number of likely N-dealkylation sites (N-methyl/N-ethyl adjacent to an activating group) is 1. The highest BCUT2D eigenvalue weighted by molar-refractivity contribution is 7.13. The molecule has 0 saturated carbocycles. The first-order valence-electron chi connectivity index (χ1n) is 6.18. The van der Waals surface area contributed by atoms with Crippen LogP contribution in [0.15, 0.2) is 5.38 Å². The van der Waals surface area contributed by atoms with Crippen molar-refractivity contribution in [2.24, 2.45) is 0 Å². The van der Waals surface area contributed by atoms with Crippen LogP contribution in [0.3, 0.4) is 0 Å². The van der Waals surface area contributed by atoms with Crippen LogP contribution in [0, 0.1) is 0 Å². The van der Waals surface area contributed by atoms with E-state index in [0.29, 0.717) is 5.13 Å². The molecule has 1 heterocycles. The van der Waals surface area contributed by atoms with Crippen molar-refractivity contribution < 1.29 is 0 Å². The molecule has 0 aliphatic rings. The molecule has 0 saturated heterocycles. The normalized spacial score (nSPS) is 11.6. The topological polar surface area (TPSA) is 45.4 Å². The van der Waals surface area contributed by atoms with Crippen molar-refractivity contribution in [1.29, 1.82) is 0 Å². The summed E-state index contributed by atoms with van der Waals surface area (Å²) in [5.41, 5.74) is 6.74. The van der Waals surface area contributed by atoms with E-state index in [0.717, 1.165) is 38.3 Å². The largest absolute Gasteiger partial charge is 0.375 e. The Kier molecular flexibility index (Phi) is 6.47. The summed E-state index contributed by atoms with van der Waals surface area (Å²) in [6, 6.07) is 0. The van der Waals surface area contributed by atoms with Crippen molar-refractivity contribution in [3.8, 4) is 0 Å². The van der Waals surface area contributed by atoms with Crippen LogP contribution in [0.2, 0.25) is 0 Å². The Morgan fingerprint density at radius 3 is 2.59 bits per heavy atom. The molecule has 0 fully saturated rings. The Morgan fingerprint density at radius 2 is 2.06 bits per heavy atom. The maximum atomic E-state index is 5.62. The second-order valence-electron chi connectivity index (χ2n) is 4.52. The molecule has 1 aromatic heterocycles. The van der Waals surface area contributed by atoms with Crippen LogP contribution >= 0.6 is 11.3 Å². The lowest BCUT2D eigenvalue weighted by Gasteiger charge is -2.20. The van der Waals surface area contributed by atoms with Gasteiger partial charge in [0, 0.05) is 18.3 Å². The van der Waals surface area contributed by atoms with E-state index in [1.54, 1.807) is 0 Å². The Bertz CT molecular complexity index is 311. The Hall–Kier alpha value is -0.650. The predicted octanol–water partition coefficient (Wildman–Crippen LogP) is 1.54. The molecule has 0 aliphatic carbocycles. The van der Waals surface area contributed by atoms with Gasteiger partial charge in [0.2, 0.25) is 0 Å². The highest BCUT2D eigenvalue weighted by atomic mass is 32.1. The van der Waals surface area contributed by atoms with Gasteiger partial charge in [0.1, 0.15) is 0 Å². The van der Waals surface area contributed by atoms with Gasteiger partial charge in [-0.1, -0.05) is 6.92 Å². The molecule has 98 valence electrons. The third kappa shape index (κ3) is 6.00. The number of anilines is 1. The van der Waals surface area contributed by atoms with Crippen LogP contribution in [0.5, 0.6) is 0 Å². The molecule has 1 aromatic rings. The molecular weight excluding hydrogens is 232 g/mol. The van der Waals surface area contributed by atoms with Crippen LogP contribution < -0.4 is 5.73 Å². The number of nitrogen functional groups attached to an aromatic ring is 1. The van der Waals surface area contributed by atoms with E-state index < -0.39 is 0 Å². The molecule has 0 radical (unpaired) electrons. The molecule has 0 atom stereocenters. The molecular formula is C12H24N4S. The lowest BCUT2D eigenvalue weighted by atomic mass is 10.3. The highest BCUT2D eigenvalue weighted by Gasteiger charge is 2.05. The van der Waals surface area contributed by atoms with Gasteiger partial charge in [-0.05, 0) is 40.2 Å². The van der Waals surface area contributed by atoms with Crippen LogP contribution in [-0.4, -0.2) is 55.1 Å². The molecule has 0 bridgehead atoms. The van der Waals surface area contributed by atoms with Gasteiger partial charge in [0.25, 0.3) is 0 Å². The second-order valence-corrected chi connectivity index (χ2v) is 5.41. The van der Waals surface area contributed by atoms with Gasteiger partial charge in [-0.25, -0.2) is 4.98 Å². The van der Waals surface area contributed by atoms with E-state index in [-0.39, 0.29) is 0 Å². The Labute approximate surface area is 108 Å². The van der Waals surface area contributed by atoms with Gasteiger partial charge in [0.15, 0.2) is 5.13 Å². The highest BCUT2D eigenvalue weighted by Crippen LogP contribution is 2.11. The average molecular weight is 256 g/mol. The van der Waals surface area contributed by atoms with Gasteiger partial charge < -0.3 is 15.5 Å². The molecule has 2 N–H and O–H groups in total. The first kappa shape index (κ1) is 14.4. The summed E-state index contributed by atoms with van der Waals surface area (Å²) in [5.74, 6) is 0. The third-order valence-electron chi connectivity index (χ3n) is 2.78. The van der Waals surface area contributed by atoms with Crippen molar-refractivity contribution in [1.82, 2.24) is 14.8 Å². The van der Waals surface area contributed by atoms with Gasteiger partial charge >= 0.3 is 0 Å². The molecule has 17 heavy (non-hydrogen) atoms. The predicted molar refractivity (Wildman–Crippen MR) is 75.5 cm³/mol. The third-order valence-corrected chi connectivity index (χ3v) is 3.50. The second kappa shape index (κ2) is 7.63. The van der Waals surface area contributed by atoms with Crippen molar-refractivity contribution in [3.05, 3.63) is 11.1 Å². The monoisotopic (exact) mass is 256 g/mol. The lowest BCUT2D eigenvalue weighted by Crippen LogP contribution is -2.29. The number of hydrogen-bond acceptors (Lipinski definition) is 5. The standard InChI is InChI=1S/C12H24N4S/c1-4-16(8-5-7-15(2)3)9-6-11-10-17-12(13)14-11/h10H,4-9H2,1-3H3,(H2,13,14). The molecule has 0 spiro atoms. The van der Waals surface area contributed by atoms with Gasteiger partial charge in [-0.3, -0.25) is 0 Å². The molecule has 4 nitrogen and oxygen atoms in total. The average Bonchev–Trinajstić information content (AvgIpc) is 2.69. The first-order valence-corrected chi connectivity index (χ1v) is 7.06. The summed E-state index contributed by atoms with van der Waals surface area (Å²) >= 11 is 1.53. The van der Waals surface area contributed by atoms with Crippen molar-refractivity contribution >= 4 is 16.5 Å². The van der Waals surface area contributed by atoms with Crippen molar-refractivity contribution in [2.75, 3.05) is 46.0 Å². The molecule has 0 aliphatic heterocycles. The summed E-state index contributed by atoms with van der Waals surface area (Å²) in [6.07, 6.45) is 2.23. The number of nitrogens with zero attached hydrogens (tertiary/aromatic N) is 3. The fourth-order valence-electron chi connectivity index (χ4n) is 1.75. The number of hydrogen-bond donors (Lipinski definition) is 1. The maximum absolute atomic E-state index is 5.62. The van der Waals surface area contributed by atoms with Gasteiger partial charge in [0.05, 0.1) is 5.69 Å². The fraction of sp³-hybridized carbons (Fsp3) is 0.750. The van der Waals surface area contributed by atoms with Gasteiger partial charge in [-0.2, -0.15) is 0 Å². The maximum Gasteiger partial charge on any atom is 0.180 e. The quantitative estimate of drug-likeness (QED) is 0.766. The summed E-state index contributed by atoms with van der Waals surface area (Å²) in [5, 5.41) is 2.74. The number of thiazole rings is 1. The first-order chi connectivity index (χ1) is 8.11. The molecule has 0 amide bonds. The Morgan fingerprint density at radius 1 is 1.29 bits per heavy atom. The minimum absolute atomic E-state index is 0.677. The Balaban J connectivity index is 2.22. The number of aromatic nitrogens is 1. The van der Waals surface area contributed by atoms with E-state index in [1.165, 1.54) is 17.8 Å². The zero-order valence-electron chi connectivity index (χ0n) is 11.1. The van der Waals surface area contributed by atoms with Gasteiger partial charge in [-0.15, -0.1) is 11.3 Å². The van der Waals surface area contributed by atoms with E-state index in [9.17, 15) is 0 Å². The zero-order chi connectivity index (χ0) is 12.7. The van der Waals surface area contributed by atoms with Crippen molar-refractivity contribution in [2.45, 2.75) is 19.8 Å². The van der Waals surface area contributed by atoms with Crippen LogP contribution in [0.25, 0.3) is 0 Å². The van der Waals surface area contributed by atoms with Crippen LogP contribution in [0.1, 0.15) is 19.0 Å². The van der Waals surface area contributed by atoms with E-state index in [2.05, 4.69) is 41.2 Å². The van der Waals surface area contributed by atoms with E-state index in [4.69, 9.17) is 5.73 Å². The molecule has 5 heteroatoms. The number of rotatable bonds is 8. The van der Waals surface area contributed by atoms with Crippen LogP contribution in [0.4, 0.5) is 5.13 Å².